The van der Waals surface area contributed by atoms with Gasteiger partial charge in [-0.2, -0.15) is 0 Å². The molecule has 0 saturated heterocycles. The summed E-state index contributed by atoms with van der Waals surface area (Å²) >= 11 is 0. The molecule has 0 unspecified atom stereocenters. The van der Waals surface area contributed by atoms with Crippen LogP contribution in [0.4, 0.5) is 0 Å². The van der Waals surface area contributed by atoms with Crippen molar-refractivity contribution < 1.29 is 18.9 Å². The van der Waals surface area contributed by atoms with Gasteiger partial charge >= 0.3 is 0 Å². The molecule has 0 saturated carbocycles. The lowest BCUT2D eigenvalue weighted by Gasteiger charge is -2.25. The van der Waals surface area contributed by atoms with Crippen molar-refractivity contribution in [2.45, 2.75) is 83.1 Å². The van der Waals surface area contributed by atoms with Crippen LogP contribution in [-0.2, 0) is 0 Å². The molecular formula is C68H70O4. The maximum Gasteiger partial charge on any atom is 0.119 e. The molecule has 0 bridgehead atoms. The minimum Gasteiger partial charge on any atom is -0.497 e. The van der Waals surface area contributed by atoms with Crippen LogP contribution in [0, 0.1) is 83.1 Å². The lowest BCUT2D eigenvalue weighted by atomic mass is 9.79. The van der Waals surface area contributed by atoms with Crippen molar-refractivity contribution in [3.63, 3.8) is 0 Å². The first-order valence-electron chi connectivity index (χ1n) is 24.9. The summed E-state index contributed by atoms with van der Waals surface area (Å²) < 4.78 is 23.0. The molecule has 72 heavy (non-hydrogen) atoms. The summed E-state index contributed by atoms with van der Waals surface area (Å²) in [6.45, 7) is 26.1. The molecular weight excluding hydrogens is 881 g/mol. The highest BCUT2D eigenvalue weighted by Gasteiger charge is 2.25. The Bertz CT molecular complexity index is 3090. The zero-order chi connectivity index (χ0) is 51.7. The predicted octanol–water partition coefficient (Wildman–Crippen LogP) is 18.4. The van der Waals surface area contributed by atoms with Gasteiger partial charge in [-0.05, 0) is 287 Å². The summed E-state index contributed by atoms with van der Waals surface area (Å²) in [6.07, 6.45) is 0. The van der Waals surface area contributed by atoms with Gasteiger partial charge in [0.05, 0.1) is 28.4 Å². The van der Waals surface area contributed by atoms with Crippen LogP contribution in [-0.4, -0.2) is 28.4 Å². The zero-order valence-electron chi connectivity index (χ0n) is 45.3. The molecule has 0 fully saturated rings. The molecule has 0 spiro atoms. The third-order valence-corrected chi connectivity index (χ3v) is 14.8. The summed E-state index contributed by atoms with van der Waals surface area (Å²) in [5, 5.41) is 7.47. The van der Waals surface area contributed by atoms with Crippen LogP contribution in [0.15, 0.2) is 133 Å². The summed E-state index contributed by atoms with van der Waals surface area (Å²) in [4.78, 5) is 0. The van der Waals surface area contributed by atoms with Crippen LogP contribution < -0.4 is 18.9 Å². The second kappa shape index (κ2) is 21.0. The van der Waals surface area contributed by atoms with Crippen molar-refractivity contribution in [1.29, 1.82) is 0 Å². The Balaban J connectivity index is 0.000000368. The number of rotatable bonds is 8. The van der Waals surface area contributed by atoms with E-state index in [1.807, 2.05) is 0 Å². The normalized spacial score (nSPS) is 11.1. The van der Waals surface area contributed by atoms with Crippen LogP contribution in [0.5, 0.6) is 23.0 Å². The van der Waals surface area contributed by atoms with E-state index in [4.69, 9.17) is 18.9 Å². The van der Waals surface area contributed by atoms with Gasteiger partial charge in [0.2, 0.25) is 0 Å². The topological polar surface area (TPSA) is 36.9 Å². The Morgan fingerprint density at radius 2 is 0.403 bits per heavy atom. The lowest BCUT2D eigenvalue weighted by molar-refractivity contribution is 0.414. The Morgan fingerprint density at radius 1 is 0.222 bits per heavy atom. The van der Waals surface area contributed by atoms with Crippen LogP contribution in [0.25, 0.3) is 76.8 Å². The number of benzene rings is 10. The van der Waals surface area contributed by atoms with Crippen LogP contribution in [0.2, 0.25) is 0 Å². The average molecular weight is 951 g/mol. The van der Waals surface area contributed by atoms with E-state index in [9.17, 15) is 0 Å². The number of ether oxygens (including phenoxy) is 4. The lowest BCUT2D eigenvalue weighted by Crippen LogP contribution is -2.00. The number of methoxy groups -OCH3 is 4. The van der Waals surface area contributed by atoms with Crippen LogP contribution in [0.1, 0.15) is 66.8 Å². The van der Waals surface area contributed by atoms with Crippen molar-refractivity contribution in [3.05, 3.63) is 200 Å². The van der Waals surface area contributed by atoms with E-state index in [2.05, 4.69) is 217 Å². The minimum absolute atomic E-state index is 0.869. The highest BCUT2D eigenvalue weighted by atomic mass is 16.5. The van der Waals surface area contributed by atoms with E-state index in [0.717, 1.165) is 23.0 Å². The highest BCUT2D eigenvalue weighted by molar-refractivity contribution is 6.32. The first-order chi connectivity index (χ1) is 34.5. The van der Waals surface area contributed by atoms with Gasteiger partial charge in [0.1, 0.15) is 23.0 Å². The van der Waals surface area contributed by atoms with Crippen molar-refractivity contribution in [2.24, 2.45) is 0 Å². The zero-order valence-corrected chi connectivity index (χ0v) is 45.3. The molecule has 4 nitrogen and oxygen atoms in total. The molecule has 0 heterocycles. The minimum atomic E-state index is 0.869. The quantitative estimate of drug-likeness (QED) is 0.142. The molecule has 0 aromatic heterocycles. The van der Waals surface area contributed by atoms with E-state index in [1.165, 1.54) is 144 Å². The average Bonchev–Trinajstić information content (AvgIpc) is 3.35. The standard InChI is InChI=1S/C52H50O4.2C8H10/c1-27-17-35(53-9)18-28(2)47(27)43-25-44(48-29(3)19-36(54-10)20-30(48)4)40-15-16-42-46(50-33(7)23-38(56-12)24-34(50)8)26-45(41-14-13-39(43)51(40)52(41)42)49-31(5)21-37(55-11)22-32(49)6;2*1-7-5-3-4-6-8(7)2/h13-26H,1-12H3;2*3-6H,1-2H3. The second-order valence-electron chi connectivity index (χ2n) is 19.7. The van der Waals surface area contributed by atoms with Crippen molar-refractivity contribution in [2.75, 3.05) is 28.4 Å². The van der Waals surface area contributed by atoms with E-state index >= 15 is 0 Å². The third-order valence-electron chi connectivity index (χ3n) is 14.8. The third kappa shape index (κ3) is 9.63. The Morgan fingerprint density at radius 3 is 0.556 bits per heavy atom. The first kappa shape index (κ1) is 50.8. The fraction of sp³-hybridized carbons (Fsp3) is 0.235. The Hall–Kier alpha value is -7.56. The van der Waals surface area contributed by atoms with Crippen molar-refractivity contribution in [3.8, 4) is 67.5 Å². The number of hydrogen-bond donors (Lipinski definition) is 0. The molecule has 0 aliphatic carbocycles. The van der Waals surface area contributed by atoms with E-state index in [0.29, 0.717) is 0 Å². The Kier molecular flexibility index (Phi) is 14.8. The smallest absolute Gasteiger partial charge is 0.119 e. The van der Waals surface area contributed by atoms with Crippen molar-refractivity contribution >= 4 is 32.3 Å². The molecule has 0 aliphatic rings. The van der Waals surface area contributed by atoms with Gasteiger partial charge in [-0.15, -0.1) is 0 Å². The maximum atomic E-state index is 5.74. The molecule has 0 radical (unpaired) electrons. The SMILES string of the molecule is COc1cc(C)c(-c2cc(-c3c(C)cc(OC)cc3C)c3ccc4c(-c5c(C)cc(OC)cc5C)cc(-c5c(C)cc(OC)cc5C)c5ccc2c3c54)c(C)c1.Cc1ccccc1C.Cc1ccccc1C. The predicted molar refractivity (Wildman–Crippen MR) is 308 cm³/mol. The largest absolute Gasteiger partial charge is 0.497 e. The molecule has 366 valence electrons. The molecule has 10 aromatic carbocycles. The van der Waals surface area contributed by atoms with Gasteiger partial charge in [0, 0.05) is 0 Å². The van der Waals surface area contributed by atoms with Gasteiger partial charge < -0.3 is 18.9 Å². The van der Waals surface area contributed by atoms with Gasteiger partial charge in [0.15, 0.2) is 0 Å². The number of hydrogen-bond acceptors (Lipinski definition) is 4. The van der Waals surface area contributed by atoms with Crippen LogP contribution in [0.3, 0.4) is 0 Å². The fourth-order valence-corrected chi connectivity index (χ4v) is 11.0. The second-order valence-corrected chi connectivity index (χ2v) is 19.7. The number of aryl methyl sites for hydroxylation is 12. The molecule has 0 N–H and O–H groups in total. The van der Waals surface area contributed by atoms with Gasteiger partial charge in [-0.3, -0.25) is 0 Å². The van der Waals surface area contributed by atoms with Crippen molar-refractivity contribution in [1.82, 2.24) is 0 Å². The van der Waals surface area contributed by atoms with E-state index in [1.54, 1.807) is 28.4 Å². The van der Waals surface area contributed by atoms with Gasteiger partial charge in [-0.25, -0.2) is 0 Å². The Labute approximate surface area is 428 Å². The maximum absolute atomic E-state index is 5.74. The summed E-state index contributed by atoms with van der Waals surface area (Å²) in [7, 11) is 6.96. The highest BCUT2D eigenvalue weighted by Crippen LogP contribution is 2.52. The van der Waals surface area contributed by atoms with E-state index < -0.39 is 0 Å². The fourth-order valence-electron chi connectivity index (χ4n) is 11.0. The molecule has 10 rings (SSSR count). The summed E-state index contributed by atoms with van der Waals surface area (Å²) in [5.41, 5.74) is 24.7. The van der Waals surface area contributed by atoms with E-state index in [-0.39, 0.29) is 0 Å². The molecule has 4 heteroatoms. The van der Waals surface area contributed by atoms with Gasteiger partial charge in [-0.1, -0.05) is 72.8 Å². The first-order valence-corrected chi connectivity index (χ1v) is 24.9. The monoisotopic (exact) mass is 951 g/mol. The molecule has 0 amide bonds. The molecule has 10 aromatic rings. The summed E-state index contributed by atoms with van der Waals surface area (Å²) in [6, 6.07) is 48.3. The summed E-state index contributed by atoms with van der Waals surface area (Å²) in [5.74, 6) is 3.48. The molecule has 0 atom stereocenters. The molecule has 0 aliphatic heterocycles. The van der Waals surface area contributed by atoms with Gasteiger partial charge in [0.25, 0.3) is 0 Å². The van der Waals surface area contributed by atoms with Crippen LogP contribution >= 0.6 is 0 Å².